The summed E-state index contributed by atoms with van der Waals surface area (Å²) < 4.78 is 6.74. The number of nitrogens with one attached hydrogen (secondary N) is 1. The van der Waals surface area contributed by atoms with E-state index in [1.165, 1.54) is 12.6 Å². The van der Waals surface area contributed by atoms with Crippen molar-refractivity contribution in [2.24, 2.45) is 5.84 Å². The molecular weight excluding hydrogens is 198 g/mol. The highest BCUT2D eigenvalue weighted by atomic mass is 16.3. The minimum absolute atomic E-state index is 0.382. The maximum absolute atomic E-state index is 11.1. The van der Waals surface area contributed by atoms with Crippen molar-refractivity contribution >= 4 is 5.91 Å². The lowest BCUT2D eigenvalue weighted by Crippen LogP contribution is -2.29. The number of hydrogen-bond acceptors (Lipinski definition) is 5. The fraction of sp³-hybridized carbons (Fsp3) is 0.125. The molecule has 7 nitrogen and oxygen atoms in total. The Morgan fingerprint density at radius 3 is 3.20 bits per heavy atom. The van der Waals surface area contributed by atoms with E-state index < -0.39 is 0 Å². The van der Waals surface area contributed by atoms with E-state index in [-0.39, 0.29) is 5.91 Å². The predicted molar refractivity (Wildman–Crippen MR) is 49.5 cm³/mol. The summed E-state index contributed by atoms with van der Waals surface area (Å²) in [7, 11) is 0. The van der Waals surface area contributed by atoms with Crippen LogP contribution in [0.15, 0.2) is 29.4 Å². The first kappa shape index (κ1) is 9.41. The van der Waals surface area contributed by atoms with Gasteiger partial charge in [-0.3, -0.25) is 10.2 Å². The van der Waals surface area contributed by atoms with Crippen molar-refractivity contribution in [3.63, 3.8) is 0 Å². The number of amides is 1. The van der Waals surface area contributed by atoms with Crippen molar-refractivity contribution in [2.45, 2.75) is 6.54 Å². The highest BCUT2D eigenvalue weighted by molar-refractivity contribution is 5.93. The first-order valence-electron chi connectivity index (χ1n) is 4.20. The molecule has 0 bridgehead atoms. The van der Waals surface area contributed by atoms with Crippen LogP contribution in [0.25, 0.3) is 0 Å². The lowest BCUT2D eigenvalue weighted by molar-refractivity contribution is 0.0953. The standard InChI is InChI=1S/C8H9N5O2/c9-12-8(14)6-1-7(15-3-6)2-13-5-10-4-11-13/h1,3-5H,2,9H2,(H,12,14). The van der Waals surface area contributed by atoms with Crippen LogP contribution in [-0.4, -0.2) is 20.7 Å². The average molecular weight is 207 g/mol. The van der Waals surface area contributed by atoms with Gasteiger partial charge in [-0.2, -0.15) is 5.10 Å². The zero-order valence-electron chi connectivity index (χ0n) is 7.75. The summed E-state index contributed by atoms with van der Waals surface area (Å²) in [5.41, 5.74) is 2.40. The molecule has 1 amide bonds. The van der Waals surface area contributed by atoms with Crippen molar-refractivity contribution in [2.75, 3.05) is 0 Å². The monoisotopic (exact) mass is 207 g/mol. The van der Waals surface area contributed by atoms with E-state index in [9.17, 15) is 4.79 Å². The normalized spacial score (nSPS) is 10.2. The van der Waals surface area contributed by atoms with Gasteiger partial charge >= 0.3 is 0 Å². The lowest BCUT2D eigenvalue weighted by Gasteiger charge is -1.94. The molecule has 3 N–H and O–H groups in total. The summed E-state index contributed by atoms with van der Waals surface area (Å²) in [6, 6.07) is 1.60. The largest absolute Gasteiger partial charge is 0.467 e. The minimum atomic E-state index is -0.386. The van der Waals surface area contributed by atoms with E-state index in [0.29, 0.717) is 17.9 Å². The molecule has 0 aliphatic heterocycles. The van der Waals surface area contributed by atoms with Crippen molar-refractivity contribution in [3.05, 3.63) is 36.3 Å². The molecule has 2 aromatic rings. The second-order valence-electron chi connectivity index (χ2n) is 2.87. The Morgan fingerprint density at radius 2 is 2.53 bits per heavy atom. The van der Waals surface area contributed by atoms with Crippen LogP contribution in [0.5, 0.6) is 0 Å². The third-order valence-corrected chi connectivity index (χ3v) is 1.83. The van der Waals surface area contributed by atoms with Crippen LogP contribution in [0.3, 0.4) is 0 Å². The van der Waals surface area contributed by atoms with Crippen LogP contribution in [0.2, 0.25) is 0 Å². The van der Waals surface area contributed by atoms with E-state index in [1.807, 2.05) is 5.43 Å². The summed E-state index contributed by atoms with van der Waals surface area (Å²) in [6.45, 7) is 0.428. The molecule has 0 atom stereocenters. The van der Waals surface area contributed by atoms with Crippen LogP contribution in [0.4, 0.5) is 0 Å². The predicted octanol–water partition coefficient (Wildman–Crippen LogP) is -0.477. The number of hydrogen-bond donors (Lipinski definition) is 2. The zero-order chi connectivity index (χ0) is 10.7. The Hall–Kier alpha value is -2.15. The summed E-state index contributed by atoms with van der Waals surface area (Å²) in [6.07, 6.45) is 4.33. The number of carbonyl (C=O) groups excluding carboxylic acids is 1. The highest BCUT2D eigenvalue weighted by Gasteiger charge is 2.08. The zero-order valence-corrected chi connectivity index (χ0v) is 7.75. The number of furan rings is 1. The molecule has 0 spiro atoms. The fourth-order valence-electron chi connectivity index (χ4n) is 1.14. The number of carbonyl (C=O) groups is 1. The van der Waals surface area contributed by atoms with Gasteiger partial charge in [-0.15, -0.1) is 0 Å². The molecule has 78 valence electrons. The number of hydrazine groups is 1. The molecular formula is C8H9N5O2. The van der Waals surface area contributed by atoms with E-state index in [1.54, 1.807) is 17.1 Å². The first-order chi connectivity index (χ1) is 7.29. The summed E-state index contributed by atoms with van der Waals surface area (Å²) in [4.78, 5) is 14.9. The van der Waals surface area contributed by atoms with Crippen molar-refractivity contribution in [1.82, 2.24) is 20.2 Å². The molecule has 0 saturated carbocycles. The van der Waals surface area contributed by atoms with Gasteiger partial charge in [0.2, 0.25) is 0 Å². The van der Waals surface area contributed by atoms with E-state index in [4.69, 9.17) is 10.3 Å². The molecule has 0 aliphatic carbocycles. The van der Waals surface area contributed by atoms with E-state index in [0.717, 1.165) is 0 Å². The smallest absolute Gasteiger partial charge is 0.268 e. The maximum atomic E-state index is 11.1. The number of aromatic nitrogens is 3. The Labute approximate surface area is 84.9 Å². The Kier molecular flexibility index (Phi) is 2.46. The molecule has 0 radical (unpaired) electrons. The third kappa shape index (κ3) is 2.02. The van der Waals surface area contributed by atoms with Crippen LogP contribution in [0.1, 0.15) is 16.1 Å². The lowest BCUT2D eigenvalue weighted by atomic mass is 10.3. The van der Waals surface area contributed by atoms with Gasteiger partial charge in [0, 0.05) is 0 Å². The first-order valence-corrected chi connectivity index (χ1v) is 4.20. The Morgan fingerprint density at radius 1 is 1.67 bits per heavy atom. The van der Waals surface area contributed by atoms with Gasteiger partial charge in [-0.05, 0) is 6.07 Å². The molecule has 0 aliphatic rings. The minimum Gasteiger partial charge on any atom is -0.467 e. The number of nitrogen functional groups attached to an aromatic ring is 1. The molecule has 7 heteroatoms. The third-order valence-electron chi connectivity index (χ3n) is 1.83. The van der Waals surface area contributed by atoms with Gasteiger partial charge in [0.15, 0.2) is 0 Å². The van der Waals surface area contributed by atoms with Crippen molar-refractivity contribution < 1.29 is 9.21 Å². The van der Waals surface area contributed by atoms with Crippen molar-refractivity contribution in [3.8, 4) is 0 Å². The number of nitrogens with two attached hydrogens (primary N) is 1. The quantitative estimate of drug-likeness (QED) is 0.402. The van der Waals surface area contributed by atoms with E-state index in [2.05, 4.69) is 10.1 Å². The van der Waals surface area contributed by atoms with E-state index >= 15 is 0 Å². The van der Waals surface area contributed by atoms with Gasteiger partial charge in [-0.25, -0.2) is 15.5 Å². The molecule has 0 fully saturated rings. The van der Waals surface area contributed by atoms with Crippen LogP contribution < -0.4 is 11.3 Å². The molecule has 15 heavy (non-hydrogen) atoms. The van der Waals surface area contributed by atoms with Gasteiger partial charge < -0.3 is 4.42 Å². The van der Waals surface area contributed by atoms with Gasteiger partial charge in [0.25, 0.3) is 5.91 Å². The molecule has 0 aromatic carbocycles. The summed E-state index contributed by atoms with van der Waals surface area (Å²) >= 11 is 0. The Balaban J connectivity index is 2.11. The van der Waals surface area contributed by atoms with Crippen LogP contribution >= 0.6 is 0 Å². The topological polar surface area (TPSA) is 99.0 Å². The second kappa shape index (κ2) is 3.93. The summed E-state index contributed by atoms with van der Waals surface area (Å²) in [5, 5.41) is 3.91. The number of nitrogens with zero attached hydrogens (tertiary/aromatic N) is 3. The molecule has 0 unspecified atom stereocenters. The van der Waals surface area contributed by atoms with Gasteiger partial charge in [0.1, 0.15) is 31.2 Å². The second-order valence-corrected chi connectivity index (χ2v) is 2.87. The average Bonchev–Trinajstić information content (AvgIpc) is 2.88. The molecule has 2 aromatic heterocycles. The fourth-order valence-corrected chi connectivity index (χ4v) is 1.14. The molecule has 2 heterocycles. The molecule has 0 saturated heterocycles. The SMILES string of the molecule is NNC(=O)c1coc(Cn2cncn2)c1. The van der Waals surface area contributed by atoms with Gasteiger partial charge in [-0.1, -0.05) is 0 Å². The number of rotatable bonds is 3. The van der Waals surface area contributed by atoms with Crippen LogP contribution in [-0.2, 0) is 6.54 Å². The summed E-state index contributed by atoms with van der Waals surface area (Å²) in [5.74, 6) is 5.21. The van der Waals surface area contributed by atoms with Crippen molar-refractivity contribution in [1.29, 1.82) is 0 Å². The Bertz CT molecular complexity index is 447. The van der Waals surface area contributed by atoms with Crippen LogP contribution in [0, 0.1) is 0 Å². The maximum Gasteiger partial charge on any atom is 0.268 e. The van der Waals surface area contributed by atoms with Gasteiger partial charge in [0.05, 0.1) is 5.56 Å². The highest BCUT2D eigenvalue weighted by Crippen LogP contribution is 2.08. The molecule has 2 rings (SSSR count).